The number of ether oxygens (including phenoxy) is 1. The van der Waals surface area contributed by atoms with Gasteiger partial charge in [-0.1, -0.05) is 60.2 Å². The molecule has 0 N–H and O–H groups in total. The van der Waals surface area contributed by atoms with Crippen LogP contribution in [0.15, 0.2) is 59.6 Å². The topological polar surface area (TPSA) is 21.6 Å². The summed E-state index contributed by atoms with van der Waals surface area (Å²) in [6.07, 6.45) is -0.0334. The van der Waals surface area contributed by atoms with Crippen molar-refractivity contribution in [3.63, 3.8) is 0 Å². The van der Waals surface area contributed by atoms with E-state index in [2.05, 4.69) is 48.3 Å². The van der Waals surface area contributed by atoms with E-state index < -0.39 is 0 Å². The first-order valence-electron chi connectivity index (χ1n) is 6.12. The third-order valence-electron chi connectivity index (χ3n) is 3.17. The fraction of sp³-hybridized carbons (Fsp3) is 0.188. The molecule has 1 atom stereocenters. The lowest BCUT2D eigenvalue weighted by Crippen LogP contribution is -2.11. The number of aryl methyl sites for hydroxylation is 1. The van der Waals surface area contributed by atoms with Crippen LogP contribution in [0.2, 0.25) is 0 Å². The SMILES string of the molecule is Cc1ccc(C2=NCOC2c2ccccc2)cc1. The quantitative estimate of drug-likeness (QED) is 0.783. The van der Waals surface area contributed by atoms with E-state index in [-0.39, 0.29) is 6.10 Å². The minimum Gasteiger partial charge on any atom is -0.345 e. The predicted molar refractivity (Wildman–Crippen MR) is 72.9 cm³/mol. The van der Waals surface area contributed by atoms with Crippen molar-refractivity contribution < 1.29 is 4.74 Å². The first-order valence-corrected chi connectivity index (χ1v) is 6.12. The van der Waals surface area contributed by atoms with E-state index in [0.717, 1.165) is 16.8 Å². The third-order valence-corrected chi connectivity index (χ3v) is 3.17. The van der Waals surface area contributed by atoms with Gasteiger partial charge < -0.3 is 4.74 Å². The van der Waals surface area contributed by atoms with Crippen molar-refractivity contribution in [2.24, 2.45) is 4.99 Å². The molecular weight excluding hydrogens is 222 g/mol. The smallest absolute Gasteiger partial charge is 0.139 e. The molecule has 1 heterocycles. The van der Waals surface area contributed by atoms with Crippen molar-refractivity contribution in [3.05, 3.63) is 71.3 Å². The second-order valence-electron chi connectivity index (χ2n) is 4.50. The first kappa shape index (κ1) is 11.2. The average molecular weight is 237 g/mol. The Kier molecular flexibility index (Phi) is 2.95. The molecule has 0 bridgehead atoms. The van der Waals surface area contributed by atoms with Crippen molar-refractivity contribution >= 4 is 5.71 Å². The molecule has 0 saturated carbocycles. The first-order chi connectivity index (χ1) is 8.84. The fourth-order valence-electron chi connectivity index (χ4n) is 2.19. The minimum absolute atomic E-state index is 0.0334. The lowest BCUT2D eigenvalue weighted by molar-refractivity contribution is 0.127. The average Bonchev–Trinajstić information content (AvgIpc) is 2.90. The molecule has 0 radical (unpaired) electrons. The molecule has 0 amide bonds. The molecule has 2 aromatic carbocycles. The number of rotatable bonds is 2. The largest absolute Gasteiger partial charge is 0.345 e. The van der Waals surface area contributed by atoms with Gasteiger partial charge in [-0.2, -0.15) is 0 Å². The highest BCUT2D eigenvalue weighted by Crippen LogP contribution is 2.27. The third kappa shape index (κ3) is 2.07. The van der Waals surface area contributed by atoms with E-state index >= 15 is 0 Å². The zero-order chi connectivity index (χ0) is 12.4. The Labute approximate surface area is 107 Å². The highest BCUT2D eigenvalue weighted by molar-refractivity contribution is 6.05. The molecule has 2 nitrogen and oxygen atoms in total. The van der Waals surface area contributed by atoms with Gasteiger partial charge in [0.05, 0.1) is 5.71 Å². The molecule has 1 unspecified atom stereocenters. The summed E-state index contributed by atoms with van der Waals surface area (Å²) in [5, 5.41) is 0. The summed E-state index contributed by atoms with van der Waals surface area (Å²) in [6.45, 7) is 2.54. The van der Waals surface area contributed by atoms with E-state index in [1.807, 2.05) is 18.2 Å². The summed E-state index contributed by atoms with van der Waals surface area (Å²) in [5.74, 6) is 0. The van der Waals surface area contributed by atoms with E-state index in [4.69, 9.17) is 4.74 Å². The van der Waals surface area contributed by atoms with Crippen LogP contribution in [-0.2, 0) is 4.74 Å². The zero-order valence-corrected chi connectivity index (χ0v) is 10.3. The molecule has 0 aromatic heterocycles. The number of benzene rings is 2. The monoisotopic (exact) mass is 237 g/mol. The molecule has 1 aliphatic rings. The van der Waals surface area contributed by atoms with Crippen LogP contribution in [0.3, 0.4) is 0 Å². The molecule has 3 rings (SSSR count). The van der Waals surface area contributed by atoms with Gasteiger partial charge in [0, 0.05) is 0 Å². The second-order valence-corrected chi connectivity index (χ2v) is 4.50. The molecule has 90 valence electrons. The molecule has 2 aromatic rings. The molecule has 0 aliphatic carbocycles. The van der Waals surface area contributed by atoms with Crippen LogP contribution in [0.25, 0.3) is 0 Å². The van der Waals surface area contributed by atoms with Gasteiger partial charge >= 0.3 is 0 Å². The van der Waals surface area contributed by atoms with Gasteiger partial charge in [-0.05, 0) is 18.1 Å². The van der Waals surface area contributed by atoms with Crippen LogP contribution >= 0.6 is 0 Å². The Morgan fingerprint density at radius 2 is 1.72 bits per heavy atom. The number of hydrogen-bond donors (Lipinski definition) is 0. The Morgan fingerprint density at radius 1 is 1.00 bits per heavy atom. The maximum absolute atomic E-state index is 5.73. The van der Waals surface area contributed by atoms with E-state index in [1.54, 1.807) is 0 Å². The second kappa shape index (κ2) is 4.75. The van der Waals surface area contributed by atoms with Crippen LogP contribution in [-0.4, -0.2) is 12.4 Å². The zero-order valence-electron chi connectivity index (χ0n) is 10.3. The van der Waals surface area contributed by atoms with Gasteiger partial charge in [0.1, 0.15) is 12.8 Å². The van der Waals surface area contributed by atoms with Gasteiger partial charge in [-0.15, -0.1) is 0 Å². The molecule has 0 spiro atoms. The number of aliphatic imine (C=N–C) groups is 1. The molecule has 0 fully saturated rings. The van der Waals surface area contributed by atoms with Gasteiger partial charge in [-0.25, -0.2) is 0 Å². The van der Waals surface area contributed by atoms with Gasteiger partial charge in [0.25, 0.3) is 0 Å². The minimum atomic E-state index is -0.0334. The Bertz CT molecular complexity index is 557. The van der Waals surface area contributed by atoms with Crippen LogP contribution in [0.1, 0.15) is 22.8 Å². The normalized spacial score (nSPS) is 18.7. The van der Waals surface area contributed by atoms with Crippen molar-refractivity contribution in [1.82, 2.24) is 0 Å². The standard InChI is InChI=1S/C16H15NO/c1-12-7-9-13(10-8-12)15-16(18-11-17-15)14-5-3-2-4-6-14/h2-10,16H,11H2,1H3. The van der Waals surface area contributed by atoms with E-state index in [0.29, 0.717) is 6.73 Å². The van der Waals surface area contributed by atoms with Crippen LogP contribution in [0.4, 0.5) is 0 Å². The predicted octanol–water partition coefficient (Wildman–Crippen LogP) is 3.51. The number of nitrogens with zero attached hydrogens (tertiary/aromatic N) is 1. The van der Waals surface area contributed by atoms with Crippen molar-refractivity contribution in [1.29, 1.82) is 0 Å². The summed E-state index contributed by atoms with van der Waals surface area (Å²) in [6, 6.07) is 18.7. The molecular formula is C16H15NO. The van der Waals surface area contributed by atoms with Crippen molar-refractivity contribution in [3.8, 4) is 0 Å². The maximum Gasteiger partial charge on any atom is 0.139 e. The summed E-state index contributed by atoms with van der Waals surface area (Å²) < 4.78 is 5.73. The summed E-state index contributed by atoms with van der Waals surface area (Å²) in [4.78, 5) is 4.49. The molecule has 0 saturated heterocycles. The molecule has 1 aliphatic heterocycles. The summed E-state index contributed by atoms with van der Waals surface area (Å²) in [7, 11) is 0. The molecule has 18 heavy (non-hydrogen) atoms. The Morgan fingerprint density at radius 3 is 2.44 bits per heavy atom. The van der Waals surface area contributed by atoms with Crippen molar-refractivity contribution in [2.45, 2.75) is 13.0 Å². The molecule has 2 heteroatoms. The van der Waals surface area contributed by atoms with Crippen LogP contribution in [0.5, 0.6) is 0 Å². The van der Waals surface area contributed by atoms with Gasteiger partial charge in [-0.3, -0.25) is 4.99 Å². The van der Waals surface area contributed by atoms with E-state index in [1.165, 1.54) is 5.56 Å². The number of hydrogen-bond acceptors (Lipinski definition) is 2. The lowest BCUT2D eigenvalue weighted by atomic mass is 9.99. The highest BCUT2D eigenvalue weighted by Gasteiger charge is 2.24. The lowest BCUT2D eigenvalue weighted by Gasteiger charge is -2.13. The summed E-state index contributed by atoms with van der Waals surface area (Å²) in [5.41, 5.74) is 4.59. The fourth-order valence-corrected chi connectivity index (χ4v) is 2.19. The van der Waals surface area contributed by atoms with Gasteiger partial charge in [0.2, 0.25) is 0 Å². The van der Waals surface area contributed by atoms with Gasteiger partial charge in [0.15, 0.2) is 0 Å². The summed E-state index contributed by atoms with van der Waals surface area (Å²) >= 11 is 0. The van der Waals surface area contributed by atoms with Crippen molar-refractivity contribution in [2.75, 3.05) is 6.73 Å². The maximum atomic E-state index is 5.73. The Hall–Kier alpha value is -1.93. The van der Waals surface area contributed by atoms with Crippen LogP contribution < -0.4 is 0 Å². The van der Waals surface area contributed by atoms with Crippen LogP contribution in [0, 0.1) is 6.92 Å². The van der Waals surface area contributed by atoms with E-state index in [9.17, 15) is 0 Å². The highest BCUT2D eigenvalue weighted by atomic mass is 16.5. The Balaban J connectivity index is 1.94.